The zero-order valence-corrected chi connectivity index (χ0v) is 22.5. The Labute approximate surface area is 215 Å². The monoisotopic (exact) mass is 504 g/mol. The summed E-state index contributed by atoms with van der Waals surface area (Å²) in [6, 6.07) is 12.0. The number of thiophene rings is 1. The number of amides is 1. The largest absolute Gasteiger partial charge is 0.494 e. The molecule has 0 unspecified atom stereocenters. The van der Waals surface area contributed by atoms with E-state index in [-0.39, 0.29) is 12.5 Å². The Kier molecular flexibility index (Phi) is 7.50. The van der Waals surface area contributed by atoms with Crippen molar-refractivity contribution in [3.05, 3.63) is 69.7 Å². The zero-order chi connectivity index (χ0) is 26.0. The van der Waals surface area contributed by atoms with Gasteiger partial charge in [-0.1, -0.05) is 18.2 Å². The van der Waals surface area contributed by atoms with Crippen LogP contribution in [0.4, 0.5) is 5.00 Å². The summed E-state index contributed by atoms with van der Waals surface area (Å²) in [5.41, 5.74) is 6.77. The summed E-state index contributed by atoms with van der Waals surface area (Å²) in [6.45, 7) is 13.2. The van der Waals surface area contributed by atoms with Crippen LogP contribution in [0.3, 0.4) is 0 Å². The number of hydrogen-bond donors (Lipinski definition) is 1. The highest BCUT2D eigenvalue weighted by atomic mass is 32.1. The molecule has 0 spiro atoms. The molecule has 0 aliphatic heterocycles. The van der Waals surface area contributed by atoms with E-state index in [0.717, 1.165) is 38.9 Å². The molecule has 1 N–H and O–H groups in total. The maximum absolute atomic E-state index is 13.7. The van der Waals surface area contributed by atoms with E-state index in [1.165, 1.54) is 16.9 Å². The highest BCUT2D eigenvalue weighted by Crippen LogP contribution is 2.38. The van der Waals surface area contributed by atoms with Crippen molar-refractivity contribution in [2.75, 3.05) is 18.5 Å². The van der Waals surface area contributed by atoms with E-state index in [1.54, 1.807) is 6.92 Å². The molecule has 2 heterocycles. The Morgan fingerprint density at radius 1 is 0.972 bits per heavy atom. The molecule has 0 radical (unpaired) electrons. The van der Waals surface area contributed by atoms with E-state index < -0.39 is 5.97 Å². The van der Waals surface area contributed by atoms with Crippen LogP contribution >= 0.6 is 11.3 Å². The number of esters is 1. The molecule has 188 valence electrons. The van der Waals surface area contributed by atoms with Crippen molar-refractivity contribution >= 4 is 39.1 Å². The first-order valence-corrected chi connectivity index (χ1v) is 13.1. The van der Waals surface area contributed by atoms with Crippen LogP contribution < -0.4 is 10.1 Å². The fraction of sp³-hybridized carbons (Fsp3) is 0.310. The predicted octanol–water partition coefficient (Wildman–Crippen LogP) is 7.14. The van der Waals surface area contributed by atoms with Gasteiger partial charge < -0.3 is 19.4 Å². The van der Waals surface area contributed by atoms with Gasteiger partial charge in [-0.05, 0) is 82.0 Å². The van der Waals surface area contributed by atoms with Crippen LogP contribution in [0.2, 0.25) is 0 Å². The minimum atomic E-state index is -0.448. The third kappa shape index (κ3) is 4.63. The molecule has 4 aromatic rings. The van der Waals surface area contributed by atoms with Crippen molar-refractivity contribution in [2.24, 2.45) is 0 Å². The van der Waals surface area contributed by atoms with Crippen LogP contribution in [0.1, 0.15) is 58.3 Å². The maximum atomic E-state index is 13.7. The summed E-state index contributed by atoms with van der Waals surface area (Å²) >= 11 is 1.33. The standard InChI is InChI=1S/C29H32N2O4S/c1-7-31-24-13-12-21(34-8-2)15-22(24)19(6)26(31)27(32)30-28-25(29(33)35-9-3)23(16-36-28)20-11-10-17(4)18(5)14-20/h10-16H,7-9H2,1-6H3,(H,30,32). The van der Waals surface area contributed by atoms with Gasteiger partial charge in [-0.15, -0.1) is 11.3 Å². The van der Waals surface area contributed by atoms with E-state index >= 15 is 0 Å². The average molecular weight is 505 g/mol. The first-order valence-electron chi connectivity index (χ1n) is 12.2. The lowest BCUT2D eigenvalue weighted by molar-refractivity contribution is 0.0529. The van der Waals surface area contributed by atoms with Crippen molar-refractivity contribution in [3.63, 3.8) is 0 Å². The Hall–Kier alpha value is -3.58. The van der Waals surface area contributed by atoms with E-state index in [4.69, 9.17) is 9.47 Å². The molecule has 6 nitrogen and oxygen atoms in total. The van der Waals surface area contributed by atoms with Gasteiger partial charge in [0.15, 0.2) is 0 Å². The summed E-state index contributed by atoms with van der Waals surface area (Å²) in [7, 11) is 0. The van der Waals surface area contributed by atoms with Gasteiger partial charge in [-0.2, -0.15) is 0 Å². The lowest BCUT2D eigenvalue weighted by Crippen LogP contribution is -2.19. The molecule has 2 aromatic carbocycles. The van der Waals surface area contributed by atoms with Gasteiger partial charge in [-0.3, -0.25) is 4.79 Å². The Bertz CT molecular complexity index is 1450. The second-order valence-electron chi connectivity index (χ2n) is 8.66. The summed E-state index contributed by atoms with van der Waals surface area (Å²) in [5, 5.41) is 6.38. The number of anilines is 1. The number of hydrogen-bond acceptors (Lipinski definition) is 5. The first-order chi connectivity index (χ1) is 17.3. The molecule has 0 bridgehead atoms. The summed E-state index contributed by atoms with van der Waals surface area (Å²) in [4.78, 5) is 26.7. The fourth-order valence-electron chi connectivity index (χ4n) is 4.52. The third-order valence-electron chi connectivity index (χ3n) is 6.45. The normalized spacial score (nSPS) is 11.1. The number of ether oxygens (including phenoxy) is 2. The Morgan fingerprint density at radius 2 is 1.75 bits per heavy atom. The highest BCUT2D eigenvalue weighted by molar-refractivity contribution is 7.15. The number of rotatable bonds is 8. The minimum Gasteiger partial charge on any atom is -0.494 e. The quantitative estimate of drug-likeness (QED) is 0.259. The minimum absolute atomic E-state index is 0.250. The van der Waals surface area contributed by atoms with Crippen LogP contribution in [0.15, 0.2) is 41.8 Å². The molecule has 0 aliphatic rings. The van der Waals surface area contributed by atoms with Crippen molar-refractivity contribution in [1.82, 2.24) is 4.57 Å². The van der Waals surface area contributed by atoms with Gasteiger partial charge in [-0.25, -0.2) is 4.79 Å². The van der Waals surface area contributed by atoms with E-state index in [0.29, 0.717) is 29.4 Å². The molecule has 2 aromatic heterocycles. The maximum Gasteiger partial charge on any atom is 0.341 e. The molecule has 0 atom stereocenters. The molecule has 7 heteroatoms. The van der Waals surface area contributed by atoms with Crippen LogP contribution in [-0.2, 0) is 11.3 Å². The number of carbonyl (C=O) groups excluding carboxylic acids is 2. The third-order valence-corrected chi connectivity index (χ3v) is 7.34. The molecule has 4 rings (SSSR count). The van der Waals surface area contributed by atoms with Crippen LogP contribution in [0.25, 0.3) is 22.0 Å². The van der Waals surface area contributed by atoms with E-state index in [1.807, 2.05) is 68.0 Å². The van der Waals surface area contributed by atoms with Crippen molar-refractivity contribution in [3.8, 4) is 16.9 Å². The van der Waals surface area contributed by atoms with Gasteiger partial charge in [0, 0.05) is 28.4 Å². The molecule has 0 saturated carbocycles. The van der Waals surface area contributed by atoms with Gasteiger partial charge in [0.25, 0.3) is 5.91 Å². The fourth-order valence-corrected chi connectivity index (χ4v) is 5.47. The van der Waals surface area contributed by atoms with Crippen molar-refractivity contribution in [1.29, 1.82) is 0 Å². The molecular weight excluding hydrogens is 472 g/mol. The highest BCUT2D eigenvalue weighted by Gasteiger charge is 2.26. The lowest BCUT2D eigenvalue weighted by Gasteiger charge is -2.12. The van der Waals surface area contributed by atoms with E-state index in [2.05, 4.69) is 18.3 Å². The van der Waals surface area contributed by atoms with Gasteiger partial charge in [0.05, 0.1) is 13.2 Å². The Balaban J connectivity index is 1.78. The van der Waals surface area contributed by atoms with Gasteiger partial charge >= 0.3 is 5.97 Å². The SMILES string of the molecule is CCOC(=O)c1c(-c2ccc(C)c(C)c2)csc1NC(=O)c1c(C)c2cc(OCC)ccc2n1CC. The summed E-state index contributed by atoms with van der Waals surface area (Å²) in [6.07, 6.45) is 0. The lowest BCUT2D eigenvalue weighted by atomic mass is 9.99. The van der Waals surface area contributed by atoms with Gasteiger partial charge in [0.2, 0.25) is 0 Å². The number of nitrogens with zero attached hydrogens (tertiary/aromatic N) is 1. The Morgan fingerprint density at radius 3 is 2.42 bits per heavy atom. The first kappa shape index (κ1) is 25.5. The summed E-state index contributed by atoms with van der Waals surface area (Å²) < 4.78 is 13.1. The topological polar surface area (TPSA) is 69.6 Å². The smallest absolute Gasteiger partial charge is 0.341 e. The van der Waals surface area contributed by atoms with Crippen molar-refractivity contribution < 1.29 is 19.1 Å². The second kappa shape index (κ2) is 10.6. The summed E-state index contributed by atoms with van der Waals surface area (Å²) in [5.74, 6) is 0.0631. The predicted molar refractivity (Wildman–Crippen MR) is 147 cm³/mol. The average Bonchev–Trinajstić information content (AvgIpc) is 3.39. The number of aromatic nitrogens is 1. The molecule has 36 heavy (non-hydrogen) atoms. The number of fused-ring (bicyclic) bond motifs is 1. The van der Waals surface area contributed by atoms with Crippen LogP contribution in [0.5, 0.6) is 5.75 Å². The number of nitrogens with one attached hydrogen (secondary N) is 1. The number of carbonyl (C=O) groups is 2. The van der Waals surface area contributed by atoms with Crippen molar-refractivity contribution in [2.45, 2.75) is 48.1 Å². The molecule has 1 amide bonds. The molecule has 0 fully saturated rings. The molecular formula is C29H32N2O4S. The second-order valence-corrected chi connectivity index (χ2v) is 9.54. The number of aryl methyl sites for hydroxylation is 4. The van der Waals surface area contributed by atoms with Crippen LogP contribution in [0, 0.1) is 20.8 Å². The number of benzene rings is 2. The van der Waals surface area contributed by atoms with E-state index in [9.17, 15) is 9.59 Å². The zero-order valence-electron chi connectivity index (χ0n) is 21.7. The molecule has 0 saturated heterocycles. The van der Waals surface area contributed by atoms with Crippen LogP contribution in [-0.4, -0.2) is 29.7 Å². The molecule has 0 aliphatic carbocycles. The van der Waals surface area contributed by atoms with Gasteiger partial charge in [0.1, 0.15) is 22.0 Å².